The molecule has 0 spiro atoms. The van der Waals surface area contributed by atoms with Crippen LogP contribution in [0.5, 0.6) is 5.75 Å². The number of fused-ring (bicyclic) bond motifs is 4. The van der Waals surface area contributed by atoms with Crippen LogP contribution in [0.15, 0.2) is 35.1 Å². The van der Waals surface area contributed by atoms with Crippen LogP contribution in [0.3, 0.4) is 0 Å². The van der Waals surface area contributed by atoms with Crippen molar-refractivity contribution in [2.45, 2.75) is 6.42 Å². The van der Waals surface area contributed by atoms with E-state index < -0.39 is 23.9 Å². The lowest BCUT2D eigenvalue weighted by molar-refractivity contribution is -0.151. The van der Waals surface area contributed by atoms with Gasteiger partial charge in [-0.3, -0.25) is 9.59 Å². The highest BCUT2D eigenvalue weighted by molar-refractivity contribution is 5.93. The van der Waals surface area contributed by atoms with Gasteiger partial charge in [0.1, 0.15) is 6.42 Å². The molecule has 0 saturated heterocycles. The zero-order valence-electron chi connectivity index (χ0n) is 9.08. The van der Waals surface area contributed by atoms with Gasteiger partial charge >= 0.3 is 17.5 Å². The van der Waals surface area contributed by atoms with E-state index >= 15 is 0 Å². The van der Waals surface area contributed by atoms with Crippen LogP contribution in [0, 0.1) is 0 Å². The molecule has 2 heterocycles. The number of ether oxygens (including phenoxy) is 1. The second-order valence-electron chi connectivity index (χ2n) is 3.78. The summed E-state index contributed by atoms with van der Waals surface area (Å²) in [6.45, 7) is 0. The van der Waals surface area contributed by atoms with Gasteiger partial charge in [0, 0.05) is 5.39 Å². The van der Waals surface area contributed by atoms with Gasteiger partial charge in [-0.15, -0.1) is 4.73 Å². The highest BCUT2D eigenvalue weighted by Gasteiger charge is 2.23. The van der Waals surface area contributed by atoms with Crippen LogP contribution >= 0.6 is 0 Å². The average molecular weight is 245 g/mol. The number of carbonyl (C=O) groups excluding carboxylic acids is 2. The Bertz CT molecular complexity index is 731. The van der Waals surface area contributed by atoms with Gasteiger partial charge in [0.05, 0.1) is 5.52 Å². The van der Waals surface area contributed by atoms with Crippen LogP contribution in [0.1, 0.15) is 6.42 Å². The Labute approximate surface area is 100 Å². The Morgan fingerprint density at radius 3 is 2.67 bits per heavy atom. The Hall–Kier alpha value is -2.63. The molecule has 90 valence electrons. The Morgan fingerprint density at radius 1 is 1.06 bits per heavy atom. The largest absolute Gasteiger partial charge is 0.420 e. The van der Waals surface area contributed by atoms with Crippen molar-refractivity contribution in [3.63, 3.8) is 0 Å². The van der Waals surface area contributed by atoms with Crippen molar-refractivity contribution >= 4 is 22.8 Å². The zero-order valence-corrected chi connectivity index (χ0v) is 9.08. The lowest BCUT2D eigenvalue weighted by Crippen LogP contribution is -2.36. The van der Waals surface area contributed by atoms with Crippen LogP contribution in [-0.2, 0) is 9.59 Å². The van der Waals surface area contributed by atoms with E-state index in [9.17, 15) is 14.4 Å². The van der Waals surface area contributed by atoms with E-state index in [0.29, 0.717) is 10.9 Å². The molecule has 6 nitrogen and oxygen atoms in total. The summed E-state index contributed by atoms with van der Waals surface area (Å²) >= 11 is 0. The minimum atomic E-state index is -0.830. The summed E-state index contributed by atoms with van der Waals surface area (Å²) in [5.74, 6) is -1.78. The number of nitrogens with zero attached hydrogens (tertiary/aromatic N) is 1. The third-order valence-corrected chi connectivity index (χ3v) is 2.54. The predicted octanol–water partition coefficient (Wildman–Crippen LogP) is 0.266. The first-order chi connectivity index (χ1) is 8.65. The topological polar surface area (TPSA) is 74.6 Å². The molecular weight excluding hydrogens is 238 g/mol. The summed E-state index contributed by atoms with van der Waals surface area (Å²) < 4.78 is 5.68. The lowest BCUT2D eigenvalue weighted by Gasteiger charge is -2.14. The lowest BCUT2D eigenvalue weighted by atomic mass is 10.2. The second kappa shape index (κ2) is 3.69. The SMILES string of the molecule is O=C1CC(=O)On2c(=O)c(cc3ccccc32)O1. The van der Waals surface area contributed by atoms with Crippen LogP contribution < -0.4 is 15.1 Å². The van der Waals surface area contributed by atoms with Crippen LogP contribution in [0.25, 0.3) is 10.9 Å². The quantitative estimate of drug-likeness (QED) is 0.492. The maximum Gasteiger partial charge on any atom is 0.344 e. The number of hydrogen-bond donors (Lipinski definition) is 0. The monoisotopic (exact) mass is 245 g/mol. The van der Waals surface area contributed by atoms with Gasteiger partial charge in [0.2, 0.25) is 0 Å². The molecule has 0 aliphatic carbocycles. The van der Waals surface area contributed by atoms with Gasteiger partial charge in [0.25, 0.3) is 0 Å². The molecule has 0 fully saturated rings. The Morgan fingerprint density at radius 2 is 1.83 bits per heavy atom. The van der Waals surface area contributed by atoms with E-state index in [2.05, 4.69) is 0 Å². The fraction of sp³-hybridized carbons (Fsp3) is 0.0833. The summed E-state index contributed by atoms with van der Waals surface area (Å²) in [6.07, 6.45) is -0.525. The molecule has 1 aliphatic heterocycles. The molecule has 0 radical (unpaired) electrons. The third-order valence-electron chi connectivity index (χ3n) is 2.54. The summed E-state index contributed by atoms with van der Waals surface area (Å²) in [5.41, 5.74) is -0.229. The number of benzene rings is 1. The number of esters is 1. The van der Waals surface area contributed by atoms with E-state index in [1.807, 2.05) is 0 Å². The number of para-hydroxylation sites is 1. The summed E-state index contributed by atoms with van der Waals surface area (Å²) in [5, 5.41) is 0.634. The van der Waals surface area contributed by atoms with Crippen molar-refractivity contribution in [2.24, 2.45) is 0 Å². The van der Waals surface area contributed by atoms with E-state index in [0.717, 1.165) is 4.73 Å². The van der Waals surface area contributed by atoms with Crippen molar-refractivity contribution in [2.75, 3.05) is 0 Å². The highest BCUT2D eigenvalue weighted by Crippen LogP contribution is 2.18. The summed E-state index contributed by atoms with van der Waals surface area (Å²) in [6, 6.07) is 8.28. The van der Waals surface area contributed by atoms with Gasteiger partial charge in [-0.25, -0.2) is 4.79 Å². The van der Waals surface area contributed by atoms with Gasteiger partial charge in [-0.1, -0.05) is 18.2 Å². The second-order valence-corrected chi connectivity index (χ2v) is 3.78. The third kappa shape index (κ3) is 1.55. The zero-order chi connectivity index (χ0) is 12.7. The number of pyridine rings is 1. The number of aromatic nitrogens is 1. The van der Waals surface area contributed by atoms with Crippen molar-refractivity contribution in [3.8, 4) is 5.75 Å². The number of rotatable bonds is 0. The molecule has 2 aromatic rings. The Kier molecular flexibility index (Phi) is 2.16. The molecule has 0 N–H and O–H groups in total. The molecular formula is C12H7NO5. The minimum absolute atomic E-state index is 0.147. The molecule has 0 unspecified atom stereocenters. The first-order valence-electron chi connectivity index (χ1n) is 5.22. The van der Waals surface area contributed by atoms with Crippen molar-refractivity contribution in [1.29, 1.82) is 0 Å². The van der Waals surface area contributed by atoms with Gasteiger partial charge in [0.15, 0.2) is 5.75 Å². The number of hydrogen-bond acceptors (Lipinski definition) is 5. The molecule has 1 aromatic carbocycles. The smallest absolute Gasteiger partial charge is 0.344 e. The van der Waals surface area contributed by atoms with E-state index in [1.165, 1.54) is 6.07 Å². The van der Waals surface area contributed by atoms with Crippen molar-refractivity contribution in [1.82, 2.24) is 4.73 Å². The van der Waals surface area contributed by atoms with Crippen molar-refractivity contribution in [3.05, 3.63) is 40.7 Å². The highest BCUT2D eigenvalue weighted by atomic mass is 16.7. The first kappa shape index (κ1) is 10.5. The Balaban J connectivity index is 2.38. The average Bonchev–Trinajstić information content (AvgIpc) is 2.33. The summed E-state index contributed by atoms with van der Waals surface area (Å²) in [4.78, 5) is 39.4. The van der Waals surface area contributed by atoms with Crippen LogP contribution in [0.2, 0.25) is 0 Å². The van der Waals surface area contributed by atoms with E-state index in [4.69, 9.17) is 9.57 Å². The standard InChI is InChI=1S/C12H7NO5/c14-10-6-11(15)18-13-8-4-2-1-3-7(8)5-9(17-10)12(13)16/h1-5H,6H2. The maximum atomic E-state index is 11.9. The number of carbonyl (C=O) groups is 2. The molecule has 2 bridgehead atoms. The van der Waals surface area contributed by atoms with Gasteiger partial charge in [-0.05, 0) is 12.1 Å². The molecule has 0 atom stereocenters. The molecule has 18 heavy (non-hydrogen) atoms. The molecule has 0 saturated carbocycles. The molecule has 6 heteroatoms. The van der Waals surface area contributed by atoms with Crippen LogP contribution in [-0.4, -0.2) is 16.7 Å². The minimum Gasteiger partial charge on any atom is -0.420 e. The maximum absolute atomic E-state index is 11.9. The molecule has 0 amide bonds. The van der Waals surface area contributed by atoms with Gasteiger partial charge < -0.3 is 9.57 Å². The van der Waals surface area contributed by atoms with E-state index in [1.54, 1.807) is 24.3 Å². The van der Waals surface area contributed by atoms with E-state index in [-0.39, 0.29) is 5.75 Å². The van der Waals surface area contributed by atoms with Crippen molar-refractivity contribution < 1.29 is 19.2 Å². The fourth-order valence-electron chi connectivity index (χ4n) is 1.78. The van der Waals surface area contributed by atoms with Gasteiger partial charge in [-0.2, -0.15) is 0 Å². The molecule has 3 rings (SSSR count). The fourth-order valence-corrected chi connectivity index (χ4v) is 1.78. The molecule has 1 aliphatic rings. The molecule has 1 aromatic heterocycles. The first-order valence-corrected chi connectivity index (χ1v) is 5.22. The predicted molar refractivity (Wildman–Crippen MR) is 60.0 cm³/mol. The summed E-state index contributed by atoms with van der Waals surface area (Å²) in [7, 11) is 0. The van der Waals surface area contributed by atoms with Crippen LogP contribution in [0.4, 0.5) is 0 Å². The normalized spacial score (nSPS) is 14.7.